The van der Waals surface area contributed by atoms with E-state index in [9.17, 15) is 9.90 Å². The van der Waals surface area contributed by atoms with E-state index in [0.717, 1.165) is 25.2 Å². The van der Waals surface area contributed by atoms with E-state index < -0.39 is 0 Å². The highest BCUT2D eigenvalue weighted by molar-refractivity contribution is 5.77. The molecule has 2 rings (SSSR count). The summed E-state index contributed by atoms with van der Waals surface area (Å²) in [5, 5.41) is 9.24. The van der Waals surface area contributed by atoms with Crippen molar-refractivity contribution >= 4 is 5.91 Å². The fraction of sp³-hybridized carbons (Fsp3) is 0.533. The summed E-state index contributed by atoms with van der Waals surface area (Å²) in [6, 6.07) is 7.14. The van der Waals surface area contributed by atoms with Gasteiger partial charge in [0.1, 0.15) is 5.75 Å². The summed E-state index contributed by atoms with van der Waals surface area (Å²) >= 11 is 0. The van der Waals surface area contributed by atoms with E-state index in [0.29, 0.717) is 19.4 Å². The molecule has 0 bridgehead atoms. The van der Waals surface area contributed by atoms with Gasteiger partial charge in [-0.05, 0) is 31.2 Å². The van der Waals surface area contributed by atoms with Gasteiger partial charge in [-0.1, -0.05) is 12.1 Å². The summed E-state index contributed by atoms with van der Waals surface area (Å²) in [6.45, 7) is 3.02. The molecule has 1 amide bonds. The van der Waals surface area contributed by atoms with Gasteiger partial charge in [0, 0.05) is 32.6 Å². The first-order valence-electron chi connectivity index (χ1n) is 7.06. The number of phenols is 1. The highest BCUT2D eigenvalue weighted by atomic mass is 16.3. The van der Waals surface area contributed by atoms with Crippen molar-refractivity contribution in [3.8, 4) is 5.75 Å². The molecule has 1 atom stereocenters. The van der Waals surface area contributed by atoms with Gasteiger partial charge in [-0.2, -0.15) is 0 Å². The van der Waals surface area contributed by atoms with Crippen LogP contribution < -0.4 is 5.73 Å². The standard InChI is InChI=1S/C15H23N3O2/c1-17-8-9-18(13(10-16)11-17)15(20)7-4-12-2-5-14(19)6-3-12/h2-3,5-6,13,19H,4,7-11,16H2,1H3. The topological polar surface area (TPSA) is 69.8 Å². The maximum atomic E-state index is 12.3. The number of rotatable bonds is 4. The molecule has 3 N–H and O–H groups in total. The number of hydrogen-bond acceptors (Lipinski definition) is 4. The Bertz CT molecular complexity index is 447. The Morgan fingerprint density at radius 2 is 2.05 bits per heavy atom. The fourth-order valence-electron chi connectivity index (χ4n) is 2.60. The summed E-state index contributed by atoms with van der Waals surface area (Å²) in [7, 11) is 2.06. The molecule has 1 unspecified atom stereocenters. The van der Waals surface area contributed by atoms with Crippen molar-refractivity contribution < 1.29 is 9.90 Å². The Hall–Kier alpha value is -1.59. The molecule has 5 nitrogen and oxygen atoms in total. The van der Waals surface area contributed by atoms with Gasteiger partial charge < -0.3 is 20.6 Å². The van der Waals surface area contributed by atoms with Gasteiger partial charge in [-0.3, -0.25) is 4.79 Å². The lowest BCUT2D eigenvalue weighted by Crippen LogP contribution is -2.56. The lowest BCUT2D eigenvalue weighted by molar-refractivity contribution is -0.135. The summed E-state index contributed by atoms with van der Waals surface area (Å²) in [6.07, 6.45) is 1.19. The highest BCUT2D eigenvalue weighted by Gasteiger charge is 2.27. The summed E-state index contributed by atoms with van der Waals surface area (Å²) < 4.78 is 0. The molecular formula is C15H23N3O2. The number of carbonyl (C=O) groups is 1. The number of likely N-dealkylation sites (N-methyl/N-ethyl adjacent to an activating group) is 1. The average Bonchev–Trinajstić information content (AvgIpc) is 2.46. The average molecular weight is 277 g/mol. The van der Waals surface area contributed by atoms with Gasteiger partial charge in [0.2, 0.25) is 5.91 Å². The monoisotopic (exact) mass is 277 g/mol. The van der Waals surface area contributed by atoms with Crippen LogP contribution in [0.2, 0.25) is 0 Å². The van der Waals surface area contributed by atoms with Crippen molar-refractivity contribution in [3.05, 3.63) is 29.8 Å². The Morgan fingerprint density at radius 1 is 1.35 bits per heavy atom. The van der Waals surface area contributed by atoms with Crippen molar-refractivity contribution in [3.63, 3.8) is 0 Å². The highest BCUT2D eigenvalue weighted by Crippen LogP contribution is 2.14. The van der Waals surface area contributed by atoms with Crippen LogP contribution in [0.15, 0.2) is 24.3 Å². The molecule has 1 fully saturated rings. The first-order chi connectivity index (χ1) is 9.60. The van der Waals surface area contributed by atoms with Crippen LogP contribution in [-0.2, 0) is 11.2 Å². The maximum absolute atomic E-state index is 12.3. The smallest absolute Gasteiger partial charge is 0.223 e. The minimum Gasteiger partial charge on any atom is -0.508 e. The number of piperazine rings is 1. The molecule has 0 radical (unpaired) electrons. The second-order valence-electron chi connectivity index (χ2n) is 5.41. The van der Waals surface area contributed by atoms with E-state index in [-0.39, 0.29) is 17.7 Å². The zero-order valence-electron chi connectivity index (χ0n) is 12.0. The first kappa shape index (κ1) is 14.8. The predicted octanol–water partition coefficient (Wildman–Crippen LogP) is 0.426. The molecule has 110 valence electrons. The van der Waals surface area contributed by atoms with E-state index in [1.54, 1.807) is 12.1 Å². The van der Waals surface area contributed by atoms with E-state index in [1.165, 1.54) is 0 Å². The Labute approximate surface area is 120 Å². The number of aromatic hydroxyl groups is 1. The second kappa shape index (κ2) is 6.72. The molecule has 0 spiro atoms. The largest absolute Gasteiger partial charge is 0.508 e. The quantitative estimate of drug-likeness (QED) is 0.837. The van der Waals surface area contributed by atoms with Gasteiger partial charge in [-0.25, -0.2) is 0 Å². The first-order valence-corrected chi connectivity index (χ1v) is 7.06. The van der Waals surface area contributed by atoms with E-state index >= 15 is 0 Å². The number of hydrogen-bond donors (Lipinski definition) is 2. The lowest BCUT2D eigenvalue weighted by Gasteiger charge is -2.39. The Balaban J connectivity index is 1.89. The second-order valence-corrected chi connectivity index (χ2v) is 5.41. The zero-order chi connectivity index (χ0) is 14.5. The third kappa shape index (κ3) is 3.71. The maximum Gasteiger partial charge on any atom is 0.223 e. The number of amides is 1. The van der Waals surface area contributed by atoms with Crippen LogP contribution in [0.4, 0.5) is 0 Å². The van der Waals surface area contributed by atoms with Gasteiger partial charge in [0.05, 0.1) is 6.04 Å². The van der Waals surface area contributed by atoms with Crippen LogP contribution in [-0.4, -0.2) is 60.1 Å². The molecule has 0 aliphatic carbocycles. The third-order valence-corrected chi connectivity index (χ3v) is 3.84. The zero-order valence-corrected chi connectivity index (χ0v) is 12.0. The SMILES string of the molecule is CN1CCN(C(=O)CCc2ccc(O)cc2)C(CN)C1. The molecule has 1 saturated heterocycles. The van der Waals surface area contributed by atoms with Gasteiger partial charge >= 0.3 is 0 Å². The molecule has 0 aromatic heterocycles. The number of phenolic OH excluding ortho intramolecular Hbond substituents is 1. The minimum absolute atomic E-state index is 0.126. The molecule has 20 heavy (non-hydrogen) atoms. The van der Waals surface area contributed by atoms with Gasteiger partial charge in [0.25, 0.3) is 0 Å². The van der Waals surface area contributed by atoms with Crippen LogP contribution in [0, 0.1) is 0 Å². The predicted molar refractivity (Wildman–Crippen MR) is 78.5 cm³/mol. The number of nitrogens with two attached hydrogens (primary N) is 1. The number of aryl methyl sites for hydroxylation is 1. The van der Waals surface area contributed by atoms with Crippen LogP contribution in [0.3, 0.4) is 0 Å². The van der Waals surface area contributed by atoms with Crippen molar-refractivity contribution in [2.45, 2.75) is 18.9 Å². The molecular weight excluding hydrogens is 254 g/mol. The Kier molecular flexibility index (Phi) is 4.98. The third-order valence-electron chi connectivity index (χ3n) is 3.84. The number of nitrogens with zero attached hydrogens (tertiary/aromatic N) is 2. The van der Waals surface area contributed by atoms with E-state index in [4.69, 9.17) is 5.73 Å². The lowest BCUT2D eigenvalue weighted by atomic mass is 10.1. The van der Waals surface area contributed by atoms with Crippen molar-refractivity contribution in [2.24, 2.45) is 5.73 Å². The normalized spacial score (nSPS) is 20.1. The minimum atomic E-state index is 0.126. The van der Waals surface area contributed by atoms with Crippen LogP contribution in [0.1, 0.15) is 12.0 Å². The Morgan fingerprint density at radius 3 is 2.70 bits per heavy atom. The fourth-order valence-corrected chi connectivity index (χ4v) is 2.60. The molecule has 5 heteroatoms. The van der Waals surface area contributed by atoms with E-state index in [1.807, 2.05) is 17.0 Å². The van der Waals surface area contributed by atoms with Gasteiger partial charge in [0.15, 0.2) is 0 Å². The molecule has 1 aromatic rings. The van der Waals surface area contributed by atoms with Crippen LogP contribution >= 0.6 is 0 Å². The number of carbonyl (C=O) groups excluding carboxylic acids is 1. The molecule has 1 aliphatic rings. The van der Waals surface area contributed by atoms with Crippen LogP contribution in [0.5, 0.6) is 5.75 Å². The van der Waals surface area contributed by atoms with Crippen molar-refractivity contribution in [1.29, 1.82) is 0 Å². The number of benzene rings is 1. The molecule has 1 aromatic carbocycles. The molecule has 1 heterocycles. The van der Waals surface area contributed by atoms with Crippen molar-refractivity contribution in [2.75, 3.05) is 33.2 Å². The summed E-state index contributed by atoms with van der Waals surface area (Å²) in [5.74, 6) is 0.420. The molecule has 1 aliphatic heterocycles. The summed E-state index contributed by atoms with van der Waals surface area (Å²) in [4.78, 5) is 16.4. The van der Waals surface area contributed by atoms with Crippen molar-refractivity contribution in [1.82, 2.24) is 9.80 Å². The molecule has 0 saturated carbocycles. The summed E-state index contributed by atoms with van der Waals surface area (Å²) in [5.41, 5.74) is 6.83. The van der Waals surface area contributed by atoms with E-state index in [2.05, 4.69) is 11.9 Å². The van der Waals surface area contributed by atoms with Crippen LogP contribution in [0.25, 0.3) is 0 Å². The van der Waals surface area contributed by atoms with Gasteiger partial charge in [-0.15, -0.1) is 0 Å².